The van der Waals surface area contributed by atoms with Crippen molar-refractivity contribution < 1.29 is 13.2 Å². The van der Waals surface area contributed by atoms with Crippen molar-refractivity contribution in [3.8, 4) is 5.75 Å². The van der Waals surface area contributed by atoms with E-state index < -0.39 is 10.0 Å². The fourth-order valence-electron chi connectivity index (χ4n) is 3.81. The number of ether oxygens (including phenoxy) is 1. The number of aryl methyl sites for hydroxylation is 2. The highest BCUT2D eigenvalue weighted by Gasteiger charge is 2.27. The second kappa shape index (κ2) is 9.96. The van der Waals surface area contributed by atoms with E-state index >= 15 is 0 Å². The number of likely N-dealkylation sites (N-methyl/N-ethyl adjacent to an activating group) is 1. The third-order valence-electron chi connectivity index (χ3n) is 5.69. The fraction of sp³-hybridized carbons (Fsp3) is 0.545. The Morgan fingerprint density at radius 3 is 2.47 bits per heavy atom. The number of nitrogens with one attached hydrogen (secondary N) is 1. The van der Waals surface area contributed by atoms with Gasteiger partial charge in [0, 0.05) is 51.7 Å². The quantitative estimate of drug-likeness (QED) is 0.656. The van der Waals surface area contributed by atoms with Gasteiger partial charge in [-0.3, -0.25) is 4.90 Å². The number of hydrogen-bond acceptors (Lipinski definition) is 5. The van der Waals surface area contributed by atoms with Gasteiger partial charge in [-0.25, -0.2) is 13.1 Å². The summed E-state index contributed by atoms with van der Waals surface area (Å²) in [5, 5.41) is 0. The number of rotatable bonds is 9. The Balaban J connectivity index is 1.75. The van der Waals surface area contributed by atoms with Crippen LogP contribution in [-0.2, 0) is 17.1 Å². The van der Waals surface area contributed by atoms with Crippen LogP contribution in [0.25, 0.3) is 0 Å². The molecule has 0 amide bonds. The van der Waals surface area contributed by atoms with Crippen LogP contribution in [0.4, 0.5) is 0 Å². The average molecular weight is 435 g/mol. The maximum absolute atomic E-state index is 13.0. The van der Waals surface area contributed by atoms with E-state index in [2.05, 4.69) is 32.2 Å². The van der Waals surface area contributed by atoms with Gasteiger partial charge in [0.05, 0.1) is 17.5 Å². The molecule has 1 aromatic carbocycles. The maximum Gasteiger partial charge on any atom is 0.240 e. The highest BCUT2D eigenvalue weighted by molar-refractivity contribution is 7.89. The van der Waals surface area contributed by atoms with Crippen LogP contribution in [0.5, 0.6) is 5.75 Å². The molecule has 0 radical (unpaired) electrons. The molecule has 30 heavy (non-hydrogen) atoms. The van der Waals surface area contributed by atoms with Crippen LogP contribution in [-0.4, -0.2) is 69.2 Å². The Morgan fingerprint density at radius 2 is 1.87 bits per heavy atom. The van der Waals surface area contributed by atoms with E-state index in [-0.39, 0.29) is 10.9 Å². The normalized spacial score (nSPS) is 17.2. The number of sulfonamides is 1. The summed E-state index contributed by atoms with van der Waals surface area (Å²) in [6, 6.07) is 9.11. The summed E-state index contributed by atoms with van der Waals surface area (Å²) in [5.74, 6) is 0.731. The topological polar surface area (TPSA) is 66.8 Å². The van der Waals surface area contributed by atoms with Crippen LogP contribution in [0, 0.1) is 6.92 Å². The highest BCUT2D eigenvalue weighted by atomic mass is 32.2. The second-order valence-corrected chi connectivity index (χ2v) is 9.79. The number of benzene rings is 1. The fourth-order valence-corrected chi connectivity index (χ4v) is 4.93. The van der Waals surface area contributed by atoms with Gasteiger partial charge in [0.15, 0.2) is 0 Å². The van der Waals surface area contributed by atoms with Gasteiger partial charge in [-0.05, 0) is 56.3 Å². The molecule has 3 rings (SSSR count). The molecule has 166 valence electrons. The van der Waals surface area contributed by atoms with Crippen LogP contribution >= 0.6 is 0 Å². The van der Waals surface area contributed by atoms with Crippen molar-refractivity contribution in [1.29, 1.82) is 0 Å². The molecule has 0 spiro atoms. The van der Waals surface area contributed by atoms with Gasteiger partial charge in [0.1, 0.15) is 5.75 Å². The van der Waals surface area contributed by atoms with Crippen LogP contribution in [0.1, 0.15) is 30.6 Å². The minimum absolute atomic E-state index is 0.0123. The Morgan fingerprint density at radius 1 is 1.13 bits per heavy atom. The molecule has 1 N–H and O–H groups in total. The Hall–Kier alpha value is -1.87. The van der Waals surface area contributed by atoms with E-state index in [9.17, 15) is 8.42 Å². The van der Waals surface area contributed by atoms with Crippen molar-refractivity contribution >= 4 is 10.0 Å². The highest BCUT2D eigenvalue weighted by Crippen LogP contribution is 2.24. The molecule has 1 aliphatic rings. The smallest absolute Gasteiger partial charge is 0.240 e. The lowest BCUT2D eigenvalue weighted by Crippen LogP contribution is -2.48. The van der Waals surface area contributed by atoms with E-state index in [0.717, 1.165) is 49.6 Å². The number of piperazine rings is 1. The van der Waals surface area contributed by atoms with E-state index in [0.29, 0.717) is 13.2 Å². The predicted octanol–water partition coefficient (Wildman–Crippen LogP) is 2.39. The molecule has 0 bridgehead atoms. The van der Waals surface area contributed by atoms with Gasteiger partial charge in [0.2, 0.25) is 10.0 Å². The summed E-state index contributed by atoms with van der Waals surface area (Å²) in [6.45, 7) is 8.65. The standard InChI is InChI=1S/C22H34N4O3S/c1-5-15-29-22-9-8-19(16-18(22)2)30(27,28)23-17-21(20-7-6-10-25(20)4)26-13-11-24(3)12-14-26/h6-10,16,21,23H,5,11-15,17H2,1-4H3. The molecule has 1 fully saturated rings. The van der Waals surface area contributed by atoms with Gasteiger partial charge in [-0.1, -0.05) is 6.92 Å². The van der Waals surface area contributed by atoms with Crippen molar-refractivity contribution in [1.82, 2.24) is 19.1 Å². The van der Waals surface area contributed by atoms with E-state index in [4.69, 9.17) is 4.74 Å². The van der Waals surface area contributed by atoms with Crippen LogP contribution in [0.3, 0.4) is 0 Å². The lowest BCUT2D eigenvalue weighted by Gasteiger charge is -2.38. The van der Waals surface area contributed by atoms with E-state index in [1.54, 1.807) is 18.2 Å². The third kappa shape index (κ3) is 5.43. The first-order valence-corrected chi connectivity index (χ1v) is 12.1. The van der Waals surface area contributed by atoms with E-state index in [1.165, 1.54) is 0 Å². The minimum atomic E-state index is -3.62. The third-order valence-corrected chi connectivity index (χ3v) is 7.11. The SMILES string of the molecule is CCCOc1ccc(S(=O)(=O)NCC(c2cccn2C)N2CCN(C)CC2)cc1C. The summed E-state index contributed by atoms with van der Waals surface area (Å²) in [6.07, 6.45) is 2.92. The van der Waals surface area contributed by atoms with Crippen molar-refractivity contribution in [2.45, 2.75) is 31.2 Å². The summed E-state index contributed by atoms with van der Waals surface area (Å²) in [5.41, 5.74) is 1.94. The Kier molecular flexibility index (Phi) is 7.57. The predicted molar refractivity (Wildman–Crippen MR) is 119 cm³/mol. The summed E-state index contributed by atoms with van der Waals surface area (Å²) < 4.78 is 36.6. The molecule has 1 aromatic heterocycles. The molecule has 7 nitrogen and oxygen atoms in total. The molecular weight excluding hydrogens is 400 g/mol. The molecule has 1 aliphatic heterocycles. The molecule has 1 unspecified atom stereocenters. The summed E-state index contributed by atoms with van der Waals surface area (Å²) in [4.78, 5) is 4.94. The minimum Gasteiger partial charge on any atom is -0.493 e. The zero-order valence-electron chi connectivity index (χ0n) is 18.5. The van der Waals surface area contributed by atoms with Crippen molar-refractivity contribution in [2.75, 3.05) is 46.4 Å². The average Bonchev–Trinajstić information content (AvgIpc) is 3.14. The lowest BCUT2D eigenvalue weighted by molar-refractivity contribution is 0.109. The largest absolute Gasteiger partial charge is 0.493 e. The van der Waals surface area contributed by atoms with Crippen LogP contribution in [0.2, 0.25) is 0 Å². The van der Waals surface area contributed by atoms with Gasteiger partial charge in [-0.15, -0.1) is 0 Å². The van der Waals surface area contributed by atoms with E-state index in [1.807, 2.05) is 33.2 Å². The molecule has 2 heterocycles. The number of hydrogen-bond donors (Lipinski definition) is 1. The number of aromatic nitrogens is 1. The van der Waals surface area contributed by atoms with Crippen molar-refractivity contribution in [3.63, 3.8) is 0 Å². The first kappa shape index (κ1) is 22.8. The Bertz CT molecular complexity index is 934. The lowest BCUT2D eigenvalue weighted by atomic mass is 10.1. The second-order valence-electron chi connectivity index (χ2n) is 8.03. The molecule has 0 aliphatic carbocycles. The number of nitrogens with zero attached hydrogens (tertiary/aromatic N) is 3. The molecular formula is C22H34N4O3S. The molecule has 1 saturated heterocycles. The molecule has 2 aromatic rings. The first-order chi connectivity index (χ1) is 14.3. The van der Waals surface area contributed by atoms with Gasteiger partial charge >= 0.3 is 0 Å². The zero-order valence-corrected chi connectivity index (χ0v) is 19.3. The summed E-state index contributed by atoms with van der Waals surface area (Å²) in [7, 11) is 0.504. The molecule has 1 atom stereocenters. The van der Waals surface area contributed by atoms with Gasteiger partial charge in [-0.2, -0.15) is 0 Å². The first-order valence-electron chi connectivity index (χ1n) is 10.6. The van der Waals surface area contributed by atoms with Crippen LogP contribution < -0.4 is 9.46 Å². The zero-order chi connectivity index (χ0) is 21.7. The van der Waals surface area contributed by atoms with Gasteiger partial charge in [0.25, 0.3) is 0 Å². The van der Waals surface area contributed by atoms with Crippen molar-refractivity contribution in [2.24, 2.45) is 7.05 Å². The molecule has 8 heteroatoms. The van der Waals surface area contributed by atoms with Crippen molar-refractivity contribution in [3.05, 3.63) is 47.8 Å². The maximum atomic E-state index is 13.0. The summed E-state index contributed by atoms with van der Waals surface area (Å²) >= 11 is 0. The van der Waals surface area contributed by atoms with Crippen LogP contribution in [0.15, 0.2) is 41.4 Å². The monoisotopic (exact) mass is 434 g/mol. The Labute approximate surface area is 180 Å². The van der Waals surface area contributed by atoms with Gasteiger partial charge < -0.3 is 14.2 Å². The molecule has 0 saturated carbocycles.